The van der Waals surface area contributed by atoms with E-state index < -0.39 is 0 Å². The molecule has 0 amide bonds. The number of hydrogen-bond acceptors (Lipinski definition) is 0. The molecule has 0 aliphatic heterocycles. The van der Waals surface area contributed by atoms with Crippen LogP contribution in [0.2, 0.25) is 0 Å². The molecule has 1 saturated carbocycles. The molecule has 0 bridgehead atoms. The normalized spacial score (nSPS) is 26.1. The Morgan fingerprint density at radius 3 is 2.69 bits per heavy atom. The first-order chi connectivity index (χ1) is 7.83. The zero-order valence-corrected chi connectivity index (χ0v) is 9.87. The van der Waals surface area contributed by atoms with Crippen LogP contribution in [0.5, 0.6) is 0 Å². The molecule has 1 aliphatic carbocycles. The van der Waals surface area contributed by atoms with Gasteiger partial charge >= 0.3 is 0 Å². The van der Waals surface area contributed by atoms with Crippen LogP contribution < -0.4 is 0 Å². The molecule has 84 valence electrons. The molecule has 0 radical (unpaired) electrons. The van der Waals surface area contributed by atoms with Gasteiger partial charge in [0.1, 0.15) is 0 Å². The van der Waals surface area contributed by atoms with E-state index in [1.165, 1.54) is 36.6 Å². The summed E-state index contributed by atoms with van der Waals surface area (Å²) in [6.07, 6.45) is 7.57. The second-order valence-corrected chi connectivity index (χ2v) is 5.28. The van der Waals surface area contributed by atoms with E-state index in [4.69, 9.17) is 0 Å². The van der Waals surface area contributed by atoms with Crippen LogP contribution >= 0.6 is 0 Å². The summed E-state index contributed by atoms with van der Waals surface area (Å²) < 4.78 is 0. The molecule has 0 atom stereocenters. The fourth-order valence-corrected chi connectivity index (χ4v) is 2.92. The second kappa shape index (κ2) is 3.97. The lowest BCUT2D eigenvalue weighted by molar-refractivity contribution is 0.348. The van der Waals surface area contributed by atoms with Crippen LogP contribution in [-0.4, -0.2) is 4.98 Å². The Hall–Kier alpha value is -1.24. The molecule has 0 unspecified atom stereocenters. The number of aromatic nitrogens is 1. The highest BCUT2D eigenvalue weighted by Gasteiger charge is 2.19. The fraction of sp³-hybridized carbons (Fsp3) is 0.467. The van der Waals surface area contributed by atoms with E-state index in [1.807, 2.05) is 6.20 Å². The van der Waals surface area contributed by atoms with Gasteiger partial charge in [-0.15, -0.1) is 0 Å². The standard InChI is InChI=1S/C15H19N/c1-11-2-4-12(5-3-11)13-6-7-15-14(10-13)8-9-16-15/h6-12,16H,2-5H2,1H3. The van der Waals surface area contributed by atoms with Gasteiger partial charge in [0, 0.05) is 11.7 Å². The smallest absolute Gasteiger partial charge is 0.0454 e. The zero-order valence-electron chi connectivity index (χ0n) is 9.87. The third-order valence-electron chi connectivity index (χ3n) is 4.06. The number of benzene rings is 1. The molecule has 1 fully saturated rings. The van der Waals surface area contributed by atoms with Gasteiger partial charge in [-0.25, -0.2) is 0 Å². The van der Waals surface area contributed by atoms with Crippen LogP contribution in [0.4, 0.5) is 0 Å². The topological polar surface area (TPSA) is 15.8 Å². The molecule has 3 rings (SSSR count). The quantitative estimate of drug-likeness (QED) is 0.719. The van der Waals surface area contributed by atoms with Crippen LogP contribution in [-0.2, 0) is 0 Å². The minimum Gasteiger partial charge on any atom is -0.361 e. The van der Waals surface area contributed by atoms with Gasteiger partial charge in [-0.1, -0.05) is 25.8 Å². The molecule has 1 aliphatic rings. The van der Waals surface area contributed by atoms with Crippen molar-refractivity contribution in [2.75, 3.05) is 0 Å². The summed E-state index contributed by atoms with van der Waals surface area (Å²) in [5, 5.41) is 1.36. The van der Waals surface area contributed by atoms with Crippen molar-refractivity contribution in [3.63, 3.8) is 0 Å². The van der Waals surface area contributed by atoms with Crippen molar-refractivity contribution in [3.8, 4) is 0 Å². The molecule has 16 heavy (non-hydrogen) atoms. The van der Waals surface area contributed by atoms with E-state index >= 15 is 0 Å². The van der Waals surface area contributed by atoms with E-state index in [2.05, 4.69) is 36.2 Å². The maximum Gasteiger partial charge on any atom is 0.0454 e. The molecule has 0 saturated heterocycles. The summed E-state index contributed by atoms with van der Waals surface area (Å²) >= 11 is 0. The molecule has 1 aromatic carbocycles. The lowest BCUT2D eigenvalue weighted by atomic mass is 9.79. The summed E-state index contributed by atoms with van der Waals surface area (Å²) in [6.45, 7) is 2.38. The third kappa shape index (κ3) is 1.75. The van der Waals surface area contributed by atoms with E-state index in [0.29, 0.717) is 0 Å². The monoisotopic (exact) mass is 213 g/mol. The van der Waals surface area contributed by atoms with Crippen molar-refractivity contribution in [2.45, 2.75) is 38.5 Å². The summed E-state index contributed by atoms with van der Waals surface area (Å²) in [5.41, 5.74) is 2.80. The second-order valence-electron chi connectivity index (χ2n) is 5.28. The largest absolute Gasteiger partial charge is 0.361 e. The van der Waals surface area contributed by atoms with Crippen molar-refractivity contribution < 1.29 is 0 Å². The van der Waals surface area contributed by atoms with Crippen LogP contribution in [0.1, 0.15) is 44.1 Å². The Bertz CT molecular complexity index is 475. The van der Waals surface area contributed by atoms with Crippen molar-refractivity contribution >= 4 is 10.9 Å². The number of rotatable bonds is 1. The number of aromatic amines is 1. The van der Waals surface area contributed by atoms with Crippen LogP contribution in [0, 0.1) is 5.92 Å². The Kier molecular flexibility index (Phi) is 2.47. The minimum atomic E-state index is 0.801. The van der Waals surface area contributed by atoms with E-state index in [-0.39, 0.29) is 0 Å². The van der Waals surface area contributed by atoms with Crippen molar-refractivity contribution in [3.05, 3.63) is 36.0 Å². The Balaban J connectivity index is 1.87. The highest BCUT2D eigenvalue weighted by molar-refractivity contribution is 5.80. The fourth-order valence-electron chi connectivity index (χ4n) is 2.92. The van der Waals surface area contributed by atoms with Gasteiger partial charge in [0.15, 0.2) is 0 Å². The third-order valence-corrected chi connectivity index (χ3v) is 4.06. The molecule has 0 spiro atoms. The molecule has 1 heteroatoms. The van der Waals surface area contributed by atoms with Crippen molar-refractivity contribution in [2.24, 2.45) is 5.92 Å². The molecule has 1 heterocycles. The highest BCUT2D eigenvalue weighted by Crippen LogP contribution is 2.36. The van der Waals surface area contributed by atoms with Gasteiger partial charge in [0.05, 0.1) is 0 Å². The molecule has 1 nitrogen and oxygen atoms in total. The summed E-state index contributed by atoms with van der Waals surface area (Å²) in [6, 6.07) is 9.07. The van der Waals surface area contributed by atoms with E-state index in [0.717, 1.165) is 11.8 Å². The van der Waals surface area contributed by atoms with Crippen LogP contribution in [0.25, 0.3) is 10.9 Å². The number of fused-ring (bicyclic) bond motifs is 1. The minimum absolute atomic E-state index is 0.801. The SMILES string of the molecule is CC1CCC(c2ccc3[nH]ccc3c2)CC1. The maximum atomic E-state index is 3.26. The number of H-pyrrole nitrogens is 1. The number of nitrogens with one attached hydrogen (secondary N) is 1. The molecule has 1 N–H and O–H groups in total. The van der Waals surface area contributed by atoms with Crippen molar-refractivity contribution in [1.29, 1.82) is 0 Å². The van der Waals surface area contributed by atoms with Gasteiger partial charge < -0.3 is 4.98 Å². The molecule has 2 aromatic rings. The average molecular weight is 213 g/mol. The first-order valence-electron chi connectivity index (χ1n) is 6.40. The number of hydrogen-bond donors (Lipinski definition) is 1. The summed E-state index contributed by atoms with van der Waals surface area (Å²) in [5.74, 6) is 1.74. The van der Waals surface area contributed by atoms with E-state index in [9.17, 15) is 0 Å². The molecular formula is C15H19N. The van der Waals surface area contributed by atoms with Crippen LogP contribution in [0.15, 0.2) is 30.5 Å². The van der Waals surface area contributed by atoms with Gasteiger partial charge in [0.25, 0.3) is 0 Å². The highest BCUT2D eigenvalue weighted by atomic mass is 14.7. The lowest BCUT2D eigenvalue weighted by Gasteiger charge is -2.26. The first kappa shape index (κ1) is 9.95. The van der Waals surface area contributed by atoms with Gasteiger partial charge in [-0.2, -0.15) is 0 Å². The van der Waals surface area contributed by atoms with Gasteiger partial charge in [-0.05, 0) is 53.8 Å². The van der Waals surface area contributed by atoms with Crippen molar-refractivity contribution in [1.82, 2.24) is 4.98 Å². The Morgan fingerprint density at radius 2 is 1.88 bits per heavy atom. The predicted octanol–water partition coefficient (Wildman–Crippen LogP) is 4.46. The Labute approximate surface area is 96.9 Å². The molecular weight excluding hydrogens is 194 g/mol. The average Bonchev–Trinajstić information content (AvgIpc) is 2.77. The predicted molar refractivity (Wildman–Crippen MR) is 68.7 cm³/mol. The summed E-state index contributed by atoms with van der Waals surface area (Å²) in [7, 11) is 0. The van der Waals surface area contributed by atoms with Crippen LogP contribution in [0.3, 0.4) is 0 Å². The zero-order chi connectivity index (χ0) is 11.0. The molecule has 1 aromatic heterocycles. The Morgan fingerprint density at radius 1 is 1.06 bits per heavy atom. The van der Waals surface area contributed by atoms with Gasteiger partial charge in [-0.3, -0.25) is 0 Å². The maximum absolute atomic E-state index is 3.26. The van der Waals surface area contributed by atoms with E-state index in [1.54, 1.807) is 5.56 Å². The first-order valence-corrected chi connectivity index (χ1v) is 6.40. The summed E-state index contributed by atoms with van der Waals surface area (Å²) in [4.78, 5) is 3.26. The van der Waals surface area contributed by atoms with Gasteiger partial charge in [0.2, 0.25) is 0 Å². The lowest BCUT2D eigenvalue weighted by Crippen LogP contribution is -2.10.